The highest BCUT2D eigenvalue weighted by Crippen LogP contribution is 2.18. The lowest BCUT2D eigenvalue weighted by Gasteiger charge is -2.36. The summed E-state index contributed by atoms with van der Waals surface area (Å²) in [5.41, 5.74) is -0.177. The van der Waals surface area contributed by atoms with Gasteiger partial charge in [-0.1, -0.05) is 0 Å². The maximum atomic E-state index is 12.0. The van der Waals surface area contributed by atoms with Crippen LogP contribution in [0.2, 0.25) is 0 Å². The van der Waals surface area contributed by atoms with Crippen LogP contribution < -0.4 is 10.2 Å². The number of urea groups is 1. The topological polar surface area (TPSA) is 48.5 Å². The zero-order valence-corrected chi connectivity index (χ0v) is 12.0. The van der Waals surface area contributed by atoms with Crippen LogP contribution in [0, 0.1) is 0 Å². The van der Waals surface area contributed by atoms with E-state index in [0.29, 0.717) is 0 Å². The number of anilines is 1. The van der Waals surface area contributed by atoms with E-state index in [4.69, 9.17) is 0 Å². The fraction of sp³-hybridized carbons (Fsp3) is 0.667. The average Bonchev–Trinajstić information content (AvgIpc) is 2.80. The molecule has 5 nitrogen and oxygen atoms in total. The summed E-state index contributed by atoms with van der Waals surface area (Å²) in [6, 6.07) is 0.0290. The van der Waals surface area contributed by atoms with Crippen molar-refractivity contribution >= 4 is 22.5 Å². The Morgan fingerprint density at radius 3 is 2.50 bits per heavy atom. The molecule has 18 heavy (non-hydrogen) atoms. The Morgan fingerprint density at radius 1 is 1.33 bits per heavy atom. The first-order chi connectivity index (χ1) is 8.46. The van der Waals surface area contributed by atoms with E-state index < -0.39 is 0 Å². The third kappa shape index (κ3) is 3.35. The number of hydrogen-bond donors (Lipinski definition) is 1. The Kier molecular flexibility index (Phi) is 3.75. The summed E-state index contributed by atoms with van der Waals surface area (Å²) >= 11 is 1.64. The molecular formula is C12H20N4OS. The van der Waals surface area contributed by atoms with Crippen LogP contribution in [-0.2, 0) is 0 Å². The summed E-state index contributed by atoms with van der Waals surface area (Å²) in [6.45, 7) is 9.20. The Balaban J connectivity index is 1.85. The smallest absolute Gasteiger partial charge is 0.317 e. The lowest BCUT2D eigenvalue weighted by molar-refractivity contribution is 0.185. The largest absolute Gasteiger partial charge is 0.345 e. The van der Waals surface area contributed by atoms with Gasteiger partial charge in [0, 0.05) is 43.3 Å². The molecule has 0 radical (unpaired) electrons. The van der Waals surface area contributed by atoms with Crippen molar-refractivity contribution in [2.24, 2.45) is 0 Å². The number of aromatic nitrogens is 1. The summed E-state index contributed by atoms with van der Waals surface area (Å²) in [4.78, 5) is 20.4. The molecule has 2 heterocycles. The normalized spacial score (nSPS) is 16.8. The van der Waals surface area contributed by atoms with E-state index >= 15 is 0 Å². The molecule has 0 bridgehead atoms. The van der Waals surface area contributed by atoms with Gasteiger partial charge in [0.25, 0.3) is 0 Å². The summed E-state index contributed by atoms with van der Waals surface area (Å²) in [5, 5.41) is 6.02. The van der Waals surface area contributed by atoms with Gasteiger partial charge < -0.3 is 15.1 Å². The van der Waals surface area contributed by atoms with E-state index in [0.717, 1.165) is 31.3 Å². The minimum Gasteiger partial charge on any atom is -0.345 e. The Labute approximate surface area is 112 Å². The summed E-state index contributed by atoms with van der Waals surface area (Å²) in [5.74, 6) is 0. The Morgan fingerprint density at radius 2 is 2.00 bits per heavy atom. The second kappa shape index (κ2) is 5.14. The molecule has 1 aromatic rings. The molecule has 0 unspecified atom stereocenters. The lowest BCUT2D eigenvalue weighted by atomic mass is 10.1. The van der Waals surface area contributed by atoms with Gasteiger partial charge >= 0.3 is 6.03 Å². The van der Waals surface area contributed by atoms with Crippen LogP contribution in [0.4, 0.5) is 9.93 Å². The molecular weight excluding hydrogens is 248 g/mol. The van der Waals surface area contributed by atoms with Gasteiger partial charge in [-0.15, -0.1) is 11.3 Å². The van der Waals surface area contributed by atoms with Crippen LogP contribution in [-0.4, -0.2) is 47.6 Å². The fourth-order valence-corrected chi connectivity index (χ4v) is 2.57. The minimum absolute atomic E-state index is 0.0290. The fourth-order valence-electron chi connectivity index (χ4n) is 1.87. The van der Waals surface area contributed by atoms with Gasteiger partial charge in [-0.25, -0.2) is 9.78 Å². The summed E-state index contributed by atoms with van der Waals surface area (Å²) in [6.07, 6.45) is 1.82. The first-order valence-electron chi connectivity index (χ1n) is 6.17. The van der Waals surface area contributed by atoms with Crippen LogP contribution in [0.25, 0.3) is 0 Å². The highest BCUT2D eigenvalue weighted by Gasteiger charge is 2.24. The van der Waals surface area contributed by atoms with Crippen molar-refractivity contribution in [1.82, 2.24) is 15.2 Å². The molecule has 6 heteroatoms. The molecule has 1 N–H and O–H groups in total. The van der Waals surface area contributed by atoms with Crippen LogP contribution in [0.3, 0.4) is 0 Å². The second-order valence-corrected chi connectivity index (χ2v) is 6.34. The number of amides is 2. The molecule has 0 atom stereocenters. The number of rotatable bonds is 1. The van der Waals surface area contributed by atoms with Crippen LogP contribution in [0.15, 0.2) is 11.6 Å². The van der Waals surface area contributed by atoms with E-state index in [1.165, 1.54) is 0 Å². The number of hydrogen-bond acceptors (Lipinski definition) is 4. The van der Waals surface area contributed by atoms with Crippen molar-refractivity contribution < 1.29 is 4.79 Å². The third-order valence-electron chi connectivity index (χ3n) is 2.74. The molecule has 1 saturated heterocycles. The predicted octanol–water partition coefficient (Wildman–Crippen LogP) is 1.77. The predicted molar refractivity (Wildman–Crippen MR) is 74.2 cm³/mol. The zero-order chi connectivity index (χ0) is 13.2. The average molecular weight is 268 g/mol. The second-order valence-electron chi connectivity index (χ2n) is 5.47. The monoisotopic (exact) mass is 268 g/mol. The summed E-state index contributed by atoms with van der Waals surface area (Å²) < 4.78 is 0. The van der Waals surface area contributed by atoms with Crippen molar-refractivity contribution in [3.05, 3.63) is 11.6 Å². The van der Waals surface area contributed by atoms with E-state index in [1.807, 2.05) is 37.2 Å². The van der Waals surface area contributed by atoms with Crippen LogP contribution in [0.5, 0.6) is 0 Å². The Bertz CT molecular complexity index is 391. The first kappa shape index (κ1) is 13.1. The maximum Gasteiger partial charge on any atom is 0.317 e. The standard InChI is InChI=1S/C12H20N4OS/c1-12(2,3)14-10(17)15-5-7-16(8-6-15)11-13-4-9-18-11/h4,9H,5-8H2,1-3H3,(H,14,17). The van der Waals surface area contributed by atoms with Crippen molar-refractivity contribution in [2.75, 3.05) is 31.1 Å². The van der Waals surface area contributed by atoms with E-state index in [9.17, 15) is 4.79 Å². The third-order valence-corrected chi connectivity index (χ3v) is 3.57. The van der Waals surface area contributed by atoms with Gasteiger partial charge in [-0.05, 0) is 20.8 Å². The molecule has 0 saturated carbocycles. The number of nitrogens with zero attached hydrogens (tertiary/aromatic N) is 3. The number of carbonyl (C=O) groups is 1. The van der Waals surface area contributed by atoms with Crippen LogP contribution in [0.1, 0.15) is 20.8 Å². The highest BCUT2D eigenvalue weighted by atomic mass is 32.1. The molecule has 1 fully saturated rings. The molecule has 2 rings (SSSR count). The number of thiazole rings is 1. The lowest BCUT2D eigenvalue weighted by Crippen LogP contribution is -2.55. The molecule has 1 aliphatic heterocycles. The van der Waals surface area contributed by atoms with Gasteiger partial charge in [-0.3, -0.25) is 0 Å². The summed E-state index contributed by atoms with van der Waals surface area (Å²) in [7, 11) is 0. The van der Waals surface area contributed by atoms with Gasteiger partial charge in [-0.2, -0.15) is 0 Å². The molecule has 1 aromatic heterocycles. The highest BCUT2D eigenvalue weighted by molar-refractivity contribution is 7.13. The zero-order valence-electron chi connectivity index (χ0n) is 11.1. The Hall–Kier alpha value is -1.30. The number of nitrogens with one attached hydrogen (secondary N) is 1. The maximum absolute atomic E-state index is 12.0. The van der Waals surface area contributed by atoms with Gasteiger partial charge in [0.2, 0.25) is 0 Å². The van der Waals surface area contributed by atoms with Crippen LogP contribution >= 0.6 is 11.3 Å². The molecule has 0 spiro atoms. The van der Waals surface area contributed by atoms with E-state index in [1.54, 1.807) is 11.3 Å². The molecule has 2 amide bonds. The van der Waals surface area contributed by atoms with Gasteiger partial charge in [0.05, 0.1) is 0 Å². The number of piperazine rings is 1. The van der Waals surface area contributed by atoms with Crippen molar-refractivity contribution in [2.45, 2.75) is 26.3 Å². The molecule has 100 valence electrons. The van der Waals surface area contributed by atoms with E-state index in [-0.39, 0.29) is 11.6 Å². The molecule has 1 aliphatic rings. The van der Waals surface area contributed by atoms with Gasteiger partial charge in [0.1, 0.15) is 0 Å². The number of carbonyl (C=O) groups excluding carboxylic acids is 1. The quantitative estimate of drug-likeness (QED) is 0.844. The van der Waals surface area contributed by atoms with Crippen molar-refractivity contribution in [3.8, 4) is 0 Å². The van der Waals surface area contributed by atoms with Gasteiger partial charge in [0.15, 0.2) is 5.13 Å². The van der Waals surface area contributed by atoms with E-state index in [2.05, 4.69) is 15.2 Å². The SMILES string of the molecule is CC(C)(C)NC(=O)N1CCN(c2nccs2)CC1. The first-order valence-corrected chi connectivity index (χ1v) is 7.05. The van der Waals surface area contributed by atoms with Crippen molar-refractivity contribution in [3.63, 3.8) is 0 Å². The molecule has 0 aromatic carbocycles. The molecule has 0 aliphatic carbocycles. The minimum atomic E-state index is -0.177. The van der Waals surface area contributed by atoms with Crippen molar-refractivity contribution in [1.29, 1.82) is 0 Å².